The van der Waals surface area contributed by atoms with Crippen molar-refractivity contribution >= 4 is 23.7 Å². The van der Waals surface area contributed by atoms with Crippen molar-refractivity contribution in [2.75, 3.05) is 0 Å². The molecule has 3 rings (SSSR count). The molecule has 0 atom stereocenters. The lowest BCUT2D eigenvalue weighted by Gasteiger charge is -2.06. The van der Waals surface area contributed by atoms with Gasteiger partial charge in [-0.3, -0.25) is 4.79 Å². The number of thiophene rings is 1. The van der Waals surface area contributed by atoms with E-state index < -0.39 is 0 Å². The summed E-state index contributed by atoms with van der Waals surface area (Å²) in [6, 6.07) is 16.7. The van der Waals surface area contributed by atoms with Crippen LogP contribution in [0.3, 0.4) is 0 Å². The number of hydrogen-bond donors (Lipinski definition) is 2. The van der Waals surface area contributed by atoms with Crippen LogP contribution in [0.2, 0.25) is 0 Å². The van der Waals surface area contributed by atoms with Gasteiger partial charge in [0.15, 0.2) is 0 Å². The second-order valence-corrected chi connectivity index (χ2v) is 7.04. The predicted octanol–water partition coefficient (Wildman–Crippen LogP) is 4.69. The third-order valence-corrected chi connectivity index (χ3v) is 5.21. The van der Waals surface area contributed by atoms with Crippen molar-refractivity contribution in [3.8, 4) is 10.4 Å². The highest BCUT2D eigenvalue weighted by molar-refractivity contribution is 7.15. The monoisotopic (exact) mass is 374 g/mol. The summed E-state index contributed by atoms with van der Waals surface area (Å²) < 4.78 is 0. The van der Waals surface area contributed by atoms with Gasteiger partial charge in [0.2, 0.25) is 0 Å². The minimum absolute atomic E-state index is 0. The molecular formula is C20H23ClN2OS. The first-order valence-electron chi connectivity index (χ1n) is 8.24. The van der Waals surface area contributed by atoms with Gasteiger partial charge in [-0.25, -0.2) is 0 Å². The maximum absolute atomic E-state index is 11.9. The van der Waals surface area contributed by atoms with E-state index in [1.54, 1.807) is 11.3 Å². The highest BCUT2D eigenvalue weighted by atomic mass is 35.5. The molecule has 0 saturated heterocycles. The number of aryl methyl sites for hydroxylation is 2. The van der Waals surface area contributed by atoms with E-state index in [2.05, 4.69) is 46.7 Å². The van der Waals surface area contributed by atoms with Crippen LogP contribution in [0.25, 0.3) is 10.4 Å². The van der Waals surface area contributed by atoms with Crippen molar-refractivity contribution in [3.63, 3.8) is 0 Å². The number of pyridine rings is 1. The van der Waals surface area contributed by atoms with E-state index in [1.807, 2.05) is 26.0 Å². The van der Waals surface area contributed by atoms with Gasteiger partial charge in [0, 0.05) is 39.7 Å². The first kappa shape index (κ1) is 19.4. The smallest absolute Gasteiger partial charge is 0.251 e. The summed E-state index contributed by atoms with van der Waals surface area (Å²) in [6.45, 7) is 5.69. The van der Waals surface area contributed by atoms with Gasteiger partial charge in [0.1, 0.15) is 0 Å². The second-order valence-electron chi connectivity index (χ2n) is 5.87. The van der Waals surface area contributed by atoms with Crippen LogP contribution in [0.4, 0.5) is 0 Å². The van der Waals surface area contributed by atoms with Crippen molar-refractivity contribution in [2.24, 2.45) is 0 Å². The summed E-state index contributed by atoms with van der Waals surface area (Å²) in [7, 11) is 0. The molecule has 0 aliphatic carbocycles. The first-order chi connectivity index (χ1) is 11.7. The third-order valence-electron chi connectivity index (χ3n) is 4.09. The van der Waals surface area contributed by atoms with E-state index in [4.69, 9.17) is 0 Å². The van der Waals surface area contributed by atoms with Gasteiger partial charge in [-0.15, -0.1) is 23.7 Å². The van der Waals surface area contributed by atoms with Gasteiger partial charge in [-0.05, 0) is 37.1 Å². The molecule has 3 aromatic rings. The number of benzene rings is 1. The number of nitrogens with one attached hydrogen (secondary N) is 2. The SMILES string of the molecule is CCc1cc(-c2ccc(CNCc3ccccc3)s2)c(C)[nH]c1=O.Cl. The minimum Gasteiger partial charge on any atom is -0.326 e. The van der Waals surface area contributed by atoms with E-state index in [0.29, 0.717) is 0 Å². The molecule has 2 N–H and O–H groups in total. The molecule has 0 fully saturated rings. The number of aromatic amines is 1. The van der Waals surface area contributed by atoms with Crippen molar-refractivity contribution in [1.29, 1.82) is 0 Å². The number of rotatable bonds is 6. The zero-order valence-electron chi connectivity index (χ0n) is 14.5. The molecule has 1 aromatic carbocycles. The summed E-state index contributed by atoms with van der Waals surface area (Å²) in [5.74, 6) is 0. The Balaban J connectivity index is 0.00000225. The standard InChI is InChI=1S/C20H22N2OS.ClH/c1-3-16-11-18(14(2)22-20(16)23)19-10-9-17(24-19)13-21-12-15-7-5-4-6-8-15;/h4-11,21H,3,12-13H2,1-2H3,(H,22,23);1H. The van der Waals surface area contributed by atoms with Crippen LogP contribution >= 0.6 is 23.7 Å². The van der Waals surface area contributed by atoms with E-state index in [9.17, 15) is 4.79 Å². The molecule has 2 aromatic heterocycles. The number of aromatic nitrogens is 1. The van der Waals surface area contributed by atoms with Crippen LogP contribution in [-0.2, 0) is 19.5 Å². The normalized spacial score (nSPS) is 10.5. The summed E-state index contributed by atoms with van der Waals surface area (Å²) in [5, 5.41) is 3.48. The number of halogens is 1. The van der Waals surface area contributed by atoms with Crippen LogP contribution in [-0.4, -0.2) is 4.98 Å². The summed E-state index contributed by atoms with van der Waals surface area (Å²) in [5.41, 5.74) is 4.22. The predicted molar refractivity (Wildman–Crippen MR) is 109 cm³/mol. The Morgan fingerprint density at radius 2 is 1.84 bits per heavy atom. The summed E-state index contributed by atoms with van der Waals surface area (Å²) in [4.78, 5) is 17.3. The maximum Gasteiger partial charge on any atom is 0.251 e. The second kappa shape index (κ2) is 8.99. The van der Waals surface area contributed by atoms with Gasteiger partial charge >= 0.3 is 0 Å². The van der Waals surface area contributed by atoms with Crippen molar-refractivity contribution in [1.82, 2.24) is 10.3 Å². The molecule has 0 saturated carbocycles. The van der Waals surface area contributed by atoms with Gasteiger partial charge in [-0.1, -0.05) is 37.3 Å². The fraction of sp³-hybridized carbons (Fsp3) is 0.250. The fourth-order valence-electron chi connectivity index (χ4n) is 2.73. The largest absolute Gasteiger partial charge is 0.326 e. The summed E-state index contributed by atoms with van der Waals surface area (Å²) >= 11 is 1.78. The quantitative estimate of drug-likeness (QED) is 0.657. The average Bonchev–Trinajstić information content (AvgIpc) is 3.04. The Bertz CT molecular complexity index is 871. The lowest BCUT2D eigenvalue weighted by atomic mass is 10.1. The van der Waals surface area contributed by atoms with Crippen molar-refractivity contribution in [2.45, 2.75) is 33.4 Å². The molecule has 0 radical (unpaired) electrons. The maximum atomic E-state index is 11.9. The first-order valence-corrected chi connectivity index (χ1v) is 9.05. The molecular weight excluding hydrogens is 352 g/mol. The van der Waals surface area contributed by atoms with E-state index >= 15 is 0 Å². The highest BCUT2D eigenvalue weighted by Gasteiger charge is 2.09. The molecule has 0 unspecified atom stereocenters. The molecule has 0 aliphatic heterocycles. The van der Waals surface area contributed by atoms with E-state index in [-0.39, 0.29) is 18.0 Å². The Labute approximate surface area is 158 Å². The Morgan fingerprint density at radius 1 is 1.08 bits per heavy atom. The zero-order valence-corrected chi connectivity index (χ0v) is 16.1. The number of hydrogen-bond acceptors (Lipinski definition) is 3. The van der Waals surface area contributed by atoms with Gasteiger partial charge in [0.25, 0.3) is 5.56 Å². The van der Waals surface area contributed by atoms with Crippen LogP contribution in [0.1, 0.15) is 28.6 Å². The van der Waals surface area contributed by atoms with Gasteiger partial charge < -0.3 is 10.3 Å². The third kappa shape index (κ3) is 4.82. The lowest BCUT2D eigenvalue weighted by Crippen LogP contribution is -2.13. The minimum atomic E-state index is 0. The number of H-pyrrole nitrogens is 1. The van der Waals surface area contributed by atoms with E-state index in [1.165, 1.54) is 15.3 Å². The Hall–Kier alpha value is -1.88. The zero-order chi connectivity index (χ0) is 16.9. The lowest BCUT2D eigenvalue weighted by molar-refractivity contribution is 0.701. The molecule has 0 bridgehead atoms. The highest BCUT2D eigenvalue weighted by Crippen LogP contribution is 2.30. The van der Waals surface area contributed by atoms with Crippen molar-refractivity contribution < 1.29 is 0 Å². The van der Waals surface area contributed by atoms with Gasteiger partial charge in [-0.2, -0.15) is 0 Å². The van der Waals surface area contributed by atoms with Crippen molar-refractivity contribution in [3.05, 3.63) is 80.6 Å². The van der Waals surface area contributed by atoms with Crippen LogP contribution in [0, 0.1) is 6.92 Å². The van der Waals surface area contributed by atoms with Crippen LogP contribution < -0.4 is 10.9 Å². The molecule has 25 heavy (non-hydrogen) atoms. The Kier molecular flexibility index (Phi) is 7.00. The molecule has 0 spiro atoms. The van der Waals surface area contributed by atoms with Crippen LogP contribution in [0.15, 0.2) is 53.3 Å². The van der Waals surface area contributed by atoms with Gasteiger partial charge in [0.05, 0.1) is 0 Å². The Morgan fingerprint density at radius 3 is 2.56 bits per heavy atom. The molecule has 2 heterocycles. The summed E-state index contributed by atoms with van der Waals surface area (Å²) in [6.07, 6.45) is 0.749. The molecule has 3 nitrogen and oxygen atoms in total. The molecule has 132 valence electrons. The van der Waals surface area contributed by atoms with Crippen LogP contribution in [0.5, 0.6) is 0 Å². The topological polar surface area (TPSA) is 44.9 Å². The fourth-order valence-corrected chi connectivity index (χ4v) is 3.78. The van der Waals surface area contributed by atoms with E-state index in [0.717, 1.165) is 36.3 Å². The molecule has 5 heteroatoms. The average molecular weight is 375 g/mol. The molecule has 0 aliphatic rings. The molecule has 0 amide bonds.